The van der Waals surface area contributed by atoms with Gasteiger partial charge in [0.05, 0.1) is 17.8 Å². The minimum absolute atomic E-state index is 0.0527. The Morgan fingerprint density at radius 3 is 2.43 bits per heavy atom. The van der Waals surface area contributed by atoms with Crippen molar-refractivity contribution in [3.05, 3.63) is 23.9 Å². The number of nitrogens with zero attached hydrogens (tertiary/aromatic N) is 3. The number of hydrogen-bond donors (Lipinski definition) is 1. The van der Waals surface area contributed by atoms with Gasteiger partial charge in [0.1, 0.15) is 11.4 Å². The third-order valence-corrected chi connectivity index (χ3v) is 3.85. The molecule has 1 amide bonds. The SMILES string of the molecule is C[C@@H]1CN(c2cccc(CN)n2)C[C@H](C)N1C(=O)OC(C)(C)C. The molecule has 23 heavy (non-hydrogen) atoms. The zero-order valence-electron chi connectivity index (χ0n) is 14.7. The average molecular weight is 320 g/mol. The Hall–Kier alpha value is -1.82. The number of aromatic nitrogens is 1. The first-order valence-electron chi connectivity index (χ1n) is 8.13. The molecule has 2 rings (SSSR count). The van der Waals surface area contributed by atoms with Gasteiger partial charge in [-0.3, -0.25) is 4.90 Å². The van der Waals surface area contributed by atoms with E-state index in [9.17, 15) is 4.79 Å². The number of amides is 1. The molecule has 6 heteroatoms. The van der Waals surface area contributed by atoms with Gasteiger partial charge >= 0.3 is 6.09 Å². The van der Waals surface area contributed by atoms with Crippen LogP contribution in [-0.4, -0.2) is 46.8 Å². The number of hydrogen-bond acceptors (Lipinski definition) is 5. The first-order chi connectivity index (χ1) is 10.7. The van der Waals surface area contributed by atoms with Crippen molar-refractivity contribution in [1.82, 2.24) is 9.88 Å². The fraction of sp³-hybridized carbons (Fsp3) is 0.647. The van der Waals surface area contributed by atoms with Crippen molar-refractivity contribution in [3.8, 4) is 0 Å². The molecule has 0 aliphatic carbocycles. The van der Waals surface area contributed by atoms with Gasteiger partial charge in [-0.1, -0.05) is 6.07 Å². The Balaban J connectivity index is 2.11. The van der Waals surface area contributed by atoms with Crippen LogP contribution in [0.4, 0.5) is 10.6 Å². The van der Waals surface area contributed by atoms with E-state index in [2.05, 4.69) is 9.88 Å². The lowest BCUT2D eigenvalue weighted by Gasteiger charge is -2.44. The summed E-state index contributed by atoms with van der Waals surface area (Å²) in [6.45, 7) is 11.6. The number of ether oxygens (including phenoxy) is 1. The van der Waals surface area contributed by atoms with Gasteiger partial charge in [-0.15, -0.1) is 0 Å². The van der Waals surface area contributed by atoms with Crippen molar-refractivity contribution in [2.45, 2.75) is 58.8 Å². The third-order valence-electron chi connectivity index (χ3n) is 3.85. The topological polar surface area (TPSA) is 71.7 Å². The molecule has 1 fully saturated rings. The van der Waals surface area contributed by atoms with Crippen LogP contribution in [0.3, 0.4) is 0 Å². The number of nitrogens with two attached hydrogens (primary N) is 1. The van der Waals surface area contributed by atoms with E-state index in [-0.39, 0.29) is 18.2 Å². The average Bonchev–Trinajstić information content (AvgIpc) is 2.44. The quantitative estimate of drug-likeness (QED) is 0.906. The van der Waals surface area contributed by atoms with Crippen LogP contribution < -0.4 is 10.6 Å². The first kappa shape index (κ1) is 17.5. The van der Waals surface area contributed by atoms with Crippen LogP contribution in [-0.2, 0) is 11.3 Å². The van der Waals surface area contributed by atoms with Gasteiger partial charge in [-0.25, -0.2) is 9.78 Å². The number of rotatable bonds is 2. The van der Waals surface area contributed by atoms with Gasteiger partial charge in [0.25, 0.3) is 0 Å². The first-order valence-corrected chi connectivity index (χ1v) is 8.13. The molecule has 2 atom stereocenters. The minimum Gasteiger partial charge on any atom is -0.444 e. The summed E-state index contributed by atoms with van der Waals surface area (Å²) in [6.07, 6.45) is -0.249. The van der Waals surface area contributed by atoms with Gasteiger partial charge in [0, 0.05) is 19.6 Å². The second kappa shape index (κ2) is 6.74. The number of piperazine rings is 1. The molecule has 0 unspecified atom stereocenters. The van der Waals surface area contributed by atoms with Crippen molar-refractivity contribution >= 4 is 11.9 Å². The third kappa shape index (κ3) is 4.34. The van der Waals surface area contributed by atoms with Crippen molar-refractivity contribution in [1.29, 1.82) is 0 Å². The van der Waals surface area contributed by atoms with Crippen LogP contribution in [0.25, 0.3) is 0 Å². The van der Waals surface area contributed by atoms with Gasteiger partial charge in [0.2, 0.25) is 0 Å². The zero-order valence-corrected chi connectivity index (χ0v) is 14.7. The normalized spacial score (nSPS) is 22.2. The Kier molecular flexibility index (Phi) is 5.14. The van der Waals surface area contributed by atoms with Crippen LogP contribution in [0.1, 0.15) is 40.3 Å². The molecule has 1 aliphatic heterocycles. The smallest absolute Gasteiger partial charge is 0.410 e. The number of pyridine rings is 1. The molecule has 0 radical (unpaired) electrons. The number of carbonyl (C=O) groups excluding carboxylic acids is 1. The van der Waals surface area contributed by atoms with Crippen molar-refractivity contribution in [2.75, 3.05) is 18.0 Å². The lowest BCUT2D eigenvalue weighted by atomic mass is 10.1. The second-order valence-corrected chi connectivity index (χ2v) is 7.18. The van der Waals surface area contributed by atoms with E-state index in [0.717, 1.165) is 24.6 Å². The van der Waals surface area contributed by atoms with Crippen LogP contribution in [0.5, 0.6) is 0 Å². The molecule has 0 spiro atoms. The highest BCUT2D eigenvalue weighted by molar-refractivity contribution is 5.69. The van der Waals surface area contributed by atoms with Crippen LogP contribution in [0.15, 0.2) is 18.2 Å². The van der Waals surface area contributed by atoms with Crippen LogP contribution in [0.2, 0.25) is 0 Å². The molecule has 0 aromatic carbocycles. The molecular weight excluding hydrogens is 292 g/mol. The van der Waals surface area contributed by atoms with Crippen molar-refractivity contribution in [2.24, 2.45) is 5.73 Å². The molecule has 1 saturated heterocycles. The predicted octanol–water partition coefficient (Wildman–Crippen LogP) is 2.37. The summed E-state index contributed by atoms with van der Waals surface area (Å²) in [5, 5.41) is 0. The van der Waals surface area contributed by atoms with E-state index in [1.165, 1.54) is 0 Å². The van der Waals surface area contributed by atoms with Crippen molar-refractivity contribution < 1.29 is 9.53 Å². The number of anilines is 1. The predicted molar refractivity (Wildman–Crippen MR) is 91.3 cm³/mol. The van der Waals surface area contributed by atoms with E-state index < -0.39 is 5.60 Å². The molecule has 2 heterocycles. The van der Waals surface area contributed by atoms with E-state index in [4.69, 9.17) is 10.5 Å². The molecule has 0 saturated carbocycles. The van der Waals surface area contributed by atoms with Gasteiger partial charge in [0.15, 0.2) is 0 Å². The summed E-state index contributed by atoms with van der Waals surface area (Å²) >= 11 is 0. The fourth-order valence-electron chi connectivity index (χ4n) is 2.94. The maximum Gasteiger partial charge on any atom is 0.410 e. The summed E-state index contributed by atoms with van der Waals surface area (Å²) in [7, 11) is 0. The minimum atomic E-state index is -0.481. The van der Waals surface area contributed by atoms with Crippen molar-refractivity contribution in [3.63, 3.8) is 0 Å². The number of carbonyl (C=O) groups is 1. The molecular formula is C17H28N4O2. The van der Waals surface area contributed by atoms with E-state index in [1.54, 1.807) is 0 Å². The molecule has 0 bridgehead atoms. The molecule has 1 aromatic rings. The summed E-state index contributed by atoms with van der Waals surface area (Å²) in [5.41, 5.74) is 6.06. The second-order valence-electron chi connectivity index (χ2n) is 7.18. The molecule has 1 aromatic heterocycles. The standard InChI is InChI=1S/C17H28N4O2/c1-12-10-20(15-8-6-7-14(9-18)19-15)11-13(2)21(12)16(22)23-17(3,4)5/h6-8,12-13H,9-11,18H2,1-5H3/t12-,13+. The van der Waals surface area contributed by atoms with E-state index in [0.29, 0.717) is 6.54 Å². The Bertz CT molecular complexity index is 544. The molecule has 1 aliphatic rings. The van der Waals surface area contributed by atoms with Gasteiger partial charge in [-0.05, 0) is 46.8 Å². The fourth-order valence-corrected chi connectivity index (χ4v) is 2.94. The highest BCUT2D eigenvalue weighted by Gasteiger charge is 2.35. The summed E-state index contributed by atoms with van der Waals surface area (Å²) < 4.78 is 5.53. The monoisotopic (exact) mass is 320 g/mol. The molecule has 6 nitrogen and oxygen atoms in total. The van der Waals surface area contributed by atoms with Gasteiger partial charge < -0.3 is 15.4 Å². The Morgan fingerprint density at radius 2 is 1.91 bits per heavy atom. The summed E-state index contributed by atoms with van der Waals surface area (Å²) in [5.74, 6) is 0.912. The lowest BCUT2D eigenvalue weighted by Crippen LogP contribution is -2.59. The van der Waals surface area contributed by atoms with E-state index in [1.807, 2.05) is 57.7 Å². The van der Waals surface area contributed by atoms with Gasteiger partial charge in [-0.2, -0.15) is 0 Å². The van der Waals surface area contributed by atoms with Crippen LogP contribution >= 0.6 is 0 Å². The summed E-state index contributed by atoms with van der Waals surface area (Å²) in [6, 6.07) is 5.99. The zero-order chi connectivity index (χ0) is 17.2. The Labute approximate surface area is 138 Å². The Morgan fingerprint density at radius 1 is 1.30 bits per heavy atom. The largest absolute Gasteiger partial charge is 0.444 e. The molecule has 2 N–H and O–H groups in total. The van der Waals surface area contributed by atoms with E-state index >= 15 is 0 Å². The highest BCUT2D eigenvalue weighted by Crippen LogP contribution is 2.23. The maximum absolute atomic E-state index is 12.4. The van der Waals surface area contributed by atoms with Crippen LogP contribution in [0, 0.1) is 0 Å². The molecule has 128 valence electrons. The lowest BCUT2D eigenvalue weighted by molar-refractivity contribution is 0.00560. The maximum atomic E-state index is 12.4. The summed E-state index contributed by atoms with van der Waals surface area (Å²) in [4.78, 5) is 21.0. The highest BCUT2D eigenvalue weighted by atomic mass is 16.6.